The van der Waals surface area contributed by atoms with E-state index in [-0.39, 0.29) is 30.6 Å². The van der Waals surface area contributed by atoms with E-state index < -0.39 is 5.97 Å². The summed E-state index contributed by atoms with van der Waals surface area (Å²) in [7, 11) is 0. The van der Waals surface area contributed by atoms with Crippen molar-refractivity contribution >= 4 is 32.4 Å². The molecule has 0 radical (unpaired) electrons. The van der Waals surface area contributed by atoms with E-state index in [9.17, 15) is 9.59 Å². The Morgan fingerprint density at radius 3 is 2.67 bits per heavy atom. The molecule has 0 aliphatic carbocycles. The number of carbonyl (C=O) groups is 1. The molecule has 92 valence electrons. The summed E-state index contributed by atoms with van der Waals surface area (Å²) < 4.78 is 2.50. The summed E-state index contributed by atoms with van der Waals surface area (Å²) in [6.45, 7) is 0. The smallest absolute Gasteiger partial charge is 0.335 e. The van der Waals surface area contributed by atoms with Crippen molar-refractivity contribution in [1.29, 1.82) is 0 Å². The number of rotatable bonds is 1. The van der Waals surface area contributed by atoms with E-state index in [0.29, 0.717) is 4.83 Å². The number of fused-ring (bicyclic) bond motifs is 3. The monoisotopic (exact) mass is 347 g/mol. The van der Waals surface area contributed by atoms with Crippen molar-refractivity contribution in [2.24, 2.45) is 0 Å². The molecule has 0 saturated heterocycles. The van der Waals surface area contributed by atoms with Crippen LogP contribution in [0, 0.1) is 0 Å². The molecule has 4 nitrogen and oxygen atoms in total. The number of para-hydroxylation sites is 1. The number of carboxylic acid groups (broad SMARTS) is 1. The van der Waals surface area contributed by atoms with Gasteiger partial charge in [0, 0.05) is 25.5 Å². The van der Waals surface area contributed by atoms with Crippen LogP contribution in [0.1, 0.15) is 10.4 Å². The van der Waals surface area contributed by atoms with Gasteiger partial charge in [0.1, 0.15) is 4.83 Å². The molecule has 1 N–H and O–H groups in total. The molecule has 6 heteroatoms. The van der Waals surface area contributed by atoms with E-state index in [4.69, 9.17) is 5.11 Å². The number of aromatic carboxylic acids is 1. The molecule has 0 aliphatic rings. The molecule has 2 heterocycles. The number of aromatic nitrogens is 1. The van der Waals surface area contributed by atoms with Crippen LogP contribution in [0.25, 0.3) is 15.0 Å². The van der Waals surface area contributed by atoms with Gasteiger partial charge < -0.3 is 5.11 Å². The molecule has 0 fully saturated rings. The fourth-order valence-electron chi connectivity index (χ4n) is 1.82. The Balaban J connectivity index is 0.00000120. The number of carboxylic acids is 1. The van der Waals surface area contributed by atoms with Gasteiger partial charge in [-0.1, -0.05) is 12.1 Å². The number of nitrogens with zero attached hydrogens (tertiary/aromatic N) is 1. The number of hydrogen-bond acceptors (Lipinski definition) is 3. The maximum atomic E-state index is 11.9. The normalized spacial score (nSPS) is 10.4. The van der Waals surface area contributed by atoms with Gasteiger partial charge in [0.2, 0.25) is 0 Å². The Bertz CT molecular complexity index is 806. The third kappa shape index (κ3) is 1.87. The zero-order valence-corrected chi connectivity index (χ0v) is 11.5. The summed E-state index contributed by atoms with van der Waals surface area (Å²) in [5.74, 6) is -1.08. The second kappa shape index (κ2) is 4.63. The molecule has 0 bridgehead atoms. The largest absolute Gasteiger partial charge is 0.478 e. The van der Waals surface area contributed by atoms with Crippen LogP contribution in [0.3, 0.4) is 0 Å². The quantitative estimate of drug-likeness (QED) is 0.688. The summed E-state index contributed by atoms with van der Waals surface area (Å²) in [5.41, 5.74) is 0.536. The Hall–Kier alpha value is -1.52. The third-order valence-electron chi connectivity index (χ3n) is 2.57. The van der Waals surface area contributed by atoms with E-state index in [1.807, 2.05) is 24.3 Å². The number of pyridine rings is 1. The molecule has 0 saturated carbocycles. The third-order valence-corrected chi connectivity index (χ3v) is 3.64. The molecule has 0 spiro atoms. The van der Waals surface area contributed by atoms with E-state index in [1.54, 1.807) is 0 Å². The van der Waals surface area contributed by atoms with E-state index in [2.05, 4.69) is 0 Å². The molecule has 0 atom stereocenters. The fraction of sp³-hybridized carbons (Fsp3) is 0. The van der Waals surface area contributed by atoms with Gasteiger partial charge in [0.05, 0.1) is 15.8 Å². The van der Waals surface area contributed by atoms with Crippen molar-refractivity contribution < 1.29 is 29.4 Å². The van der Waals surface area contributed by atoms with Crippen molar-refractivity contribution in [1.82, 2.24) is 4.40 Å². The molecular weight excluding hydrogens is 339 g/mol. The molecule has 3 aromatic rings. The molecule has 18 heavy (non-hydrogen) atoms. The van der Waals surface area contributed by atoms with E-state index in [1.165, 1.54) is 21.8 Å². The van der Waals surface area contributed by atoms with Crippen LogP contribution < -0.4 is 5.56 Å². The average Bonchev–Trinajstić information content (AvgIpc) is 2.67. The van der Waals surface area contributed by atoms with Gasteiger partial charge >= 0.3 is 5.97 Å². The maximum absolute atomic E-state index is 11.9. The Morgan fingerprint density at radius 2 is 1.94 bits per heavy atom. The summed E-state index contributed by atoms with van der Waals surface area (Å²) in [4.78, 5) is 23.4. The zero-order valence-electron chi connectivity index (χ0n) is 8.94. The SMILES string of the molecule is O=C(O)c1cc(=O)n2c(c1)sc1ccccc12.[Ru]. The number of thiazole rings is 1. The first-order valence-electron chi connectivity index (χ1n) is 4.94. The van der Waals surface area contributed by atoms with Crippen LogP contribution in [0.4, 0.5) is 0 Å². The predicted octanol–water partition coefficient (Wildman–Crippen LogP) is 2.21. The topological polar surface area (TPSA) is 58.8 Å². The van der Waals surface area contributed by atoms with Crippen molar-refractivity contribution in [3.8, 4) is 0 Å². The maximum Gasteiger partial charge on any atom is 0.335 e. The van der Waals surface area contributed by atoms with Gasteiger partial charge in [-0.3, -0.25) is 9.20 Å². The van der Waals surface area contributed by atoms with Crippen LogP contribution in [0.15, 0.2) is 41.2 Å². The van der Waals surface area contributed by atoms with Crippen molar-refractivity contribution in [2.45, 2.75) is 0 Å². The van der Waals surface area contributed by atoms with Crippen molar-refractivity contribution in [3.05, 3.63) is 52.3 Å². The van der Waals surface area contributed by atoms with Crippen molar-refractivity contribution in [3.63, 3.8) is 0 Å². The van der Waals surface area contributed by atoms with Crippen LogP contribution >= 0.6 is 11.3 Å². The Labute approximate surface area is 118 Å². The molecule has 1 aromatic carbocycles. The Kier molecular flexibility index (Phi) is 3.33. The molecular formula is C12H7NO3RuS. The molecule has 3 rings (SSSR count). The molecule has 0 aliphatic heterocycles. The first-order valence-corrected chi connectivity index (χ1v) is 5.76. The minimum absolute atomic E-state index is 0. The van der Waals surface area contributed by atoms with Crippen molar-refractivity contribution in [2.75, 3.05) is 0 Å². The predicted molar refractivity (Wildman–Crippen MR) is 66.0 cm³/mol. The van der Waals surface area contributed by atoms with Gasteiger partial charge in [0.15, 0.2) is 0 Å². The summed E-state index contributed by atoms with van der Waals surface area (Å²) in [5, 5.41) is 8.90. The standard InChI is InChI=1S/C12H7NO3S.Ru/c14-10-5-7(12(15)16)6-11-13(10)8-3-1-2-4-9(8)17-11;/h1-6H,(H,15,16);. The van der Waals surface area contributed by atoms with Gasteiger partial charge in [-0.15, -0.1) is 11.3 Å². The molecule has 0 unspecified atom stereocenters. The van der Waals surface area contributed by atoms with Crippen LogP contribution in [-0.4, -0.2) is 15.5 Å². The van der Waals surface area contributed by atoms with Gasteiger partial charge in [-0.2, -0.15) is 0 Å². The number of hydrogen-bond donors (Lipinski definition) is 1. The van der Waals surface area contributed by atoms with Crippen LogP contribution in [0.5, 0.6) is 0 Å². The summed E-state index contributed by atoms with van der Waals surface area (Å²) in [6.07, 6.45) is 0. The fourth-order valence-corrected chi connectivity index (χ4v) is 2.92. The minimum Gasteiger partial charge on any atom is -0.478 e. The Morgan fingerprint density at radius 1 is 1.22 bits per heavy atom. The summed E-state index contributed by atoms with van der Waals surface area (Å²) in [6, 6.07) is 10.2. The first kappa shape index (κ1) is 12.9. The average molecular weight is 346 g/mol. The van der Waals surface area contributed by atoms with Crippen LogP contribution in [0.2, 0.25) is 0 Å². The summed E-state index contributed by atoms with van der Waals surface area (Å²) >= 11 is 1.41. The second-order valence-corrected chi connectivity index (χ2v) is 4.69. The van der Waals surface area contributed by atoms with E-state index in [0.717, 1.165) is 16.3 Å². The molecule has 2 aromatic heterocycles. The van der Waals surface area contributed by atoms with Crippen LogP contribution in [-0.2, 0) is 19.5 Å². The first-order chi connectivity index (χ1) is 8.16. The second-order valence-electron chi connectivity index (χ2n) is 3.63. The minimum atomic E-state index is -1.08. The number of benzene rings is 1. The zero-order chi connectivity index (χ0) is 12.0. The van der Waals surface area contributed by atoms with Gasteiger partial charge in [-0.05, 0) is 18.2 Å². The molecule has 0 amide bonds. The van der Waals surface area contributed by atoms with Gasteiger partial charge in [0.25, 0.3) is 5.56 Å². The van der Waals surface area contributed by atoms with Gasteiger partial charge in [-0.25, -0.2) is 4.79 Å². The van der Waals surface area contributed by atoms with E-state index >= 15 is 0 Å².